The molecule has 0 aliphatic heterocycles. The Morgan fingerprint density at radius 2 is 2.17 bits per heavy atom. The number of H-pyrrole nitrogens is 1. The summed E-state index contributed by atoms with van der Waals surface area (Å²) in [5.74, 6) is 0.468. The van der Waals surface area contributed by atoms with Gasteiger partial charge in [0.25, 0.3) is 5.95 Å². The van der Waals surface area contributed by atoms with Gasteiger partial charge in [0.05, 0.1) is 0 Å². The first-order valence-electron chi connectivity index (χ1n) is 5.83. The van der Waals surface area contributed by atoms with E-state index in [1.807, 2.05) is 29.1 Å². The summed E-state index contributed by atoms with van der Waals surface area (Å²) in [7, 11) is 0. The van der Waals surface area contributed by atoms with Crippen LogP contribution < -0.4 is 5.32 Å². The molecule has 7 nitrogen and oxygen atoms in total. The Hall–Kier alpha value is -2.18. The predicted octanol–water partition coefficient (Wildman–Crippen LogP) is 1.23. The molecule has 0 saturated heterocycles. The van der Waals surface area contributed by atoms with Gasteiger partial charge in [0.2, 0.25) is 5.91 Å². The van der Waals surface area contributed by atoms with Gasteiger partial charge in [0.15, 0.2) is 0 Å². The minimum atomic E-state index is -0.265. The third kappa shape index (κ3) is 2.93. The topological polar surface area (TPSA) is 88.5 Å². The Labute approximate surface area is 105 Å². The highest BCUT2D eigenvalue weighted by Crippen LogP contribution is 2.19. The van der Waals surface area contributed by atoms with Crippen molar-refractivity contribution in [2.75, 3.05) is 5.32 Å². The minimum Gasteiger partial charge on any atom is -0.342 e. The Bertz CT molecular complexity index is 476. The zero-order valence-corrected chi connectivity index (χ0v) is 10.4. The molecule has 0 radical (unpaired) electrons. The second kappa shape index (κ2) is 5.44. The van der Waals surface area contributed by atoms with Crippen LogP contribution in [-0.2, 0) is 4.79 Å². The van der Waals surface area contributed by atoms with Gasteiger partial charge in [0.1, 0.15) is 6.04 Å². The van der Waals surface area contributed by atoms with Crippen molar-refractivity contribution in [1.82, 2.24) is 25.2 Å². The van der Waals surface area contributed by atoms with Gasteiger partial charge in [-0.1, -0.05) is 18.9 Å². The Morgan fingerprint density at radius 3 is 2.72 bits per heavy atom. The number of tetrazole rings is 1. The molecule has 2 aromatic heterocycles. The van der Waals surface area contributed by atoms with E-state index in [-0.39, 0.29) is 17.9 Å². The SMILES string of the molecule is CC(C)C[C@H](C(=O)Nc1nn[nH]n1)n1cccc1. The number of nitrogens with zero attached hydrogens (tertiary/aromatic N) is 4. The molecular formula is C11H16N6O. The fraction of sp³-hybridized carbons (Fsp3) is 0.455. The molecule has 0 aliphatic carbocycles. The van der Waals surface area contributed by atoms with Crippen LogP contribution >= 0.6 is 0 Å². The summed E-state index contributed by atoms with van der Waals surface area (Å²) in [4.78, 5) is 12.2. The van der Waals surface area contributed by atoms with Crippen LogP contribution in [0.4, 0.5) is 5.95 Å². The average Bonchev–Trinajstić information content (AvgIpc) is 2.97. The van der Waals surface area contributed by atoms with Crippen LogP contribution in [0.1, 0.15) is 26.3 Å². The Kier molecular flexibility index (Phi) is 3.71. The molecule has 1 atom stereocenters. The van der Waals surface area contributed by atoms with Crippen LogP contribution in [0.3, 0.4) is 0 Å². The van der Waals surface area contributed by atoms with E-state index >= 15 is 0 Å². The van der Waals surface area contributed by atoms with Gasteiger partial charge in [-0.3, -0.25) is 10.1 Å². The van der Waals surface area contributed by atoms with Crippen LogP contribution in [-0.4, -0.2) is 31.1 Å². The van der Waals surface area contributed by atoms with Gasteiger partial charge in [-0.05, 0) is 29.7 Å². The third-order valence-electron chi connectivity index (χ3n) is 2.57. The van der Waals surface area contributed by atoms with Crippen LogP contribution in [0.5, 0.6) is 0 Å². The third-order valence-corrected chi connectivity index (χ3v) is 2.57. The van der Waals surface area contributed by atoms with E-state index in [0.29, 0.717) is 5.92 Å². The summed E-state index contributed by atoms with van der Waals surface area (Å²) in [5, 5.41) is 15.8. The molecule has 2 heterocycles. The molecule has 7 heteroatoms. The maximum Gasteiger partial charge on any atom is 0.269 e. The van der Waals surface area contributed by atoms with E-state index in [4.69, 9.17) is 0 Å². The molecule has 1 amide bonds. The molecular weight excluding hydrogens is 232 g/mol. The fourth-order valence-corrected chi connectivity index (χ4v) is 1.77. The number of carbonyl (C=O) groups is 1. The Morgan fingerprint density at radius 1 is 1.44 bits per heavy atom. The summed E-state index contributed by atoms with van der Waals surface area (Å²) in [6.07, 6.45) is 4.50. The lowest BCUT2D eigenvalue weighted by atomic mass is 10.0. The molecule has 2 N–H and O–H groups in total. The first-order valence-corrected chi connectivity index (χ1v) is 5.83. The summed E-state index contributed by atoms with van der Waals surface area (Å²) in [6, 6.07) is 3.53. The Balaban J connectivity index is 2.11. The minimum absolute atomic E-state index is 0.138. The molecule has 0 spiro atoms. The van der Waals surface area contributed by atoms with E-state index < -0.39 is 0 Å². The molecule has 0 bridgehead atoms. The van der Waals surface area contributed by atoms with Gasteiger partial charge in [-0.2, -0.15) is 5.21 Å². The number of carbonyl (C=O) groups excluding carboxylic acids is 1. The normalized spacial score (nSPS) is 12.6. The van der Waals surface area contributed by atoms with Crippen molar-refractivity contribution in [3.05, 3.63) is 24.5 Å². The first-order chi connectivity index (χ1) is 8.66. The zero-order valence-electron chi connectivity index (χ0n) is 10.4. The van der Waals surface area contributed by atoms with Crippen molar-refractivity contribution >= 4 is 11.9 Å². The van der Waals surface area contributed by atoms with Crippen molar-refractivity contribution in [2.45, 2.75) is 26.3 Å². The number of nitrogens with one attached hydrogen (secondary N) is 2. The van der Waals surface area contributed by atoms with Gasteiger partial charge >= 0.3 is 0 Å². The highest BCUT2D eigenvalue weighted by Gasteiger charge is 2.21. The van der Waals surface area contributed by atoms with Crippen molar-refractivity contribution in [2.24, 2.45) is 5.92 Å². The summed E-state index contributed by atoms with van der Waals surface area (Å²) < 4.78 is 1.88. The van der Waals surface area contributed by atoms with Crippen molar-refractivity contribution < 1.29 is 4.79 Å². The van der Waals surface area contributed by atoms with Crippen molar-refractivity contribution in [3.8, 4) is 0 Å². The molecule has 2 aromatic rings. The molecule has 18 heavy (non-hydrogen) atoms. The molecule has 0 fully saturated rings. The van der Waals surface area contributed by atoms with Gasteiger partial charge in [-0.25, -0.2) is 0 Å². The molecule has 0 aromatic carbocycles. The van der Waals surface area contributed by atoms with E-state index in [9.17, 15) is 4.79 Å². The molecule has 2 rings (SSSR count). The highest BCUT2D eigenvalue weighted by atomic mass is 16.2. The molecule has 96 valence electrons. The second-order valence-electron chi connectivity index (χ2n) is 4.50. The summed E-state index contributed by atoms with van der Waals surface area (Å²) in [5.41, 5.74) is 0. The van der Waals surface area contributed by atoms with Crippen LogP contribution in [0, 0.1) is 5.92 Å². The lowest BCUT2D eigenvalue weighted by Gasteiger charge is -2.19. The van der Waals surface area contributed by atoms with E-state index in [0.717, 1.165) is 6.42 Å². The number of anilines is 1. The van der Waals surface area contributed by atoms with Gasteiger partial charge < -0.3 is 4.57 Å². The quantitative estimate of drug-likeness (QED) is 0.832. The van der Waals surface area contributed by atoms with Crippen LogP contribution in [0.2, 0.25) is 0 Å². The van der Waals surface area contributed by atoms with Gasteiger partial charge in [-0.15, -0.1) is 5.10 Å². The van der Waals surface area contributed by atoms with E-state index in [2.05, 4.69) is 39.8 Å². The standard InChI is InChI=1S/C11H16N6O/c1-8(2)7-9(17-5-3-4-6-17)10(18)12-11-13-15-16-14-11/h3-6,8-9H,7H2,1-2H3,(H2,12,13,14,15,16,18)/t9-/m1/s1. The number of amides is 1. The number of hydrogen-bond acceptors (Lipinski definition) is 4. The number of hydrogen-bond donors (Lipinski definition) is 2. The largest absolute Gasteiger partial charge is 0.342 e. The van der Waals surface area contributed by atoms with Crippen molar-refractivity contribution in [3.63, 3.8) is 0 Å². The maximum absolute atomic E-state index is 12.2. The molecule has 0 unspecified atom stereocenters. The average molecular weight is 248 g/mol. The number of aromatic amines is 1. The molecule has 0 aliphatic rings. The number of rotatable bonds is 5. The smallest absolute Gasteiger partial charge is 0.269 e. The van der Waals surface area contributed by atoms with E-state index in [1.165, 1.54) is 0 Å². The second-order valence-corrected chi connectivity index (χ2v) is 4.50. The predicted molar refractivity (Wildman–Crippen MR) is 65.7 cm³/mol. The van der Waals surface area contributed by atoms with Crippen LogP contribution in [0.15, 0.2) is 24.5 Å². The van der Waals surface area contributed by atoms with Gasteiger partial charge in [0, 0.05) is 12.4 Å². The molecule has 0 saturated carbocycles. The summed E-state index contributed by atoms with van der Waals surface area (Å²) >= 11 is 0. The van der Waals surface area contributed by atoms with E-state index in [1.54, 1.807) is 0 Å². The van der Waals surface area contributed by atoms with Crippen molar-refractivity contribution in [1.29, 1.82) is 0 Å². The van der Waals surface area contributed by atoms with Crippen LogP contribution in [0.25, 0.3) is 0 Å². The summed E-state index contributed by atoms with van der Waals surface area (Å²) in [6.45, 7) is 4.16. The maximum atomic E-state index is 12.2. The number of aromatic nitrogens is 5. The fourth-order valence-electron chi connectivity index (χ4n) is 1.77. The first kappa shape index (κ1) is 12.3. The zero-order chi connectivity index (χ0) is 13.0. The highest BCUT2D eigenvalue weighted by molar-refractivity contribution is 5.92. The monoisotopic (exact) mass is 248 g/mol. The lowest BCUT2D eigenvalue weighted by Crippen LogP contribution is -2.27. The lowest BCUT2D eigenvalue weighted by molar-refractivity contribution is -0.119.